The summed E-state index contributed by atoms with van der Waals surface area (Å²) in [5.74, 6) is -0.955. The Hall–Kier alpha value is -2.79. The lowest BCUT2D eigenvalue weighted by molar-refractivity contribution is -0.129. The van der Waals surface area contributed by atoms with Crippen LogP contribution in [0.1, 0.15) is 0 Å². The van der Waals surface area contributed by atoms with Gasteiger partial charge in [-0.3, -0.25) is 0 Å². The number of esters is 2. The van der Waals surface area contributed by atoms with Crippen LogP contribution in [0, 0.1) is 0 Å². The zero-order valence-corrected chi connectivity index (χ0v) is 12.2. The summed E-state index contributed by atoms with van der Waals surface area (Å²) in [5.41, 5.74) is 6.02. The van der Waals surface area contributed by atoms with Crippen molar-refractivity contribution in [2.24, 2.45) is 0 Å². The van der Waals surface area contributed by atoms with E-state index in [4.69, 9.17) is 26.8 Å². The summed E-state index contributed by atoms with van der Waals surface area (Å²) in [6.07, 6.45) is 2.05. The minimum atomic E-state index is -0.654. The molecule has 2 aromatic rings. The van der Waals surface area contributed by atoms with Gasteiger partial charge in [-0.1, -0.05) is 24.8 Å². The van der Waals surface area contributed by atoms with Crippen molar-refractivity contribution in [1.82, 2.24) is 0 Å². The van der Waals surface area contributed by atoms with Crippen LogP contribution >= 0.6 is 11.6 Å². The Morgan fingerprint density at radius 2 is 1.68 bits per heavy atom. The molecule has 0 aliphatic carbocycles. The lowest BCUT2D eigenvalue weighted by Gasteiger charge is -2.13. The summed E-state index contributed by atoms with van der Waals surface area (Å²) in [5, 5.41) is 1.38. The third-order valence-corrected chi connectivity index (χ3v) is 3.02. The second-order valence-corrected chi connectivity index (χ2v) is 4.67. The van der Waals surface area contributed by atoms with Gasteiger partial charge in [-0.2, -0.15) is 0 Å². The SMILES string of the molecule is C=CC(=O)Oc1cc(N)c(OC(=O)C=C)c2ccc(Cl)cc12. The minimum absolute atomic E-state index is 0.136. The van der Waals surface area contributed by atoms with Crippen LogP contribution in [0.4, 0.5) is 5.69 Å². The first-order valence-electron chi connectivity index (χ1n) is 6.16. The molecule has 6 heteroatoms. The molecule has 0 aliphatic rings. The number of carbonyl (C=O) groups is 2. The Morgan fingerprint density at radius 3 is 2.32 bits per heavy atom. The summed E-state index contributed by atoms with van der Waals surface area (Å²) in [6, 6.07) is 6.18. The molecule has 0 spiro atoms. The average molecular weight is 318 g/mol. The predicted octanol–water partition coefficient (Wildman–Crippen LogP) is 3.26. The maximum absolute atomic E-state index is 11.4. The first-order valence-corrected chi connectivity index (χ1v) is 6.54. The van der Waals surface area contributed by atoms with Gasteiger partial charge in [0.1, 0.15) is 5.75 Å². The fourth-order valence-electron chi connectivity index (χ4n) is 1.85. The van der Waals surface area contributed by atoms with Gasteiger partial charge in [0.15, 0.2) is 5.75 Å². The lowest BCUT2D eigenvalue weighted by Crippen LogP contribution is -2.08. The van der Waals surface area contributed by atoms with Crippen LogP contribution in [0.15, 0.2) is 49.6 Å². The number of nitrogen functional groups attached to an aromatic ring is 1. The number of ether oxygens (including phenoxy) is 2. The minimum Gasteiger partial charge on any atom is -0.423 e. The molecular weight excluding hydrogens is 306 g/mol. The van der Waals surface area contributed by atoms with E-state index in [0.29, 0.717) is 15.8 Å². The van der Waals surface area contributed by atoms with Crippen LogP contribution in [-0.2, 0) is 9.59 Å². The van der Waals surface area contributed by atoms with Gasteiger partial charge in [-0.15, -0.1) is 0 Å². The Labute approximate surface area is 131 Å². The predicted molar refractivity (Wildman–Crippen MR) is 85.0 cm³/mol. The topological polar surface area (TPSA) is 78.6 Å². The van der Waals surface area contributed by atoms with Crippen molar-refractivity contribution in [3.63, 3.8) is 0 Å². The van der Waals surface area contributed by atoms with Gasteiger partial charge in [-0.25, -0.2) is 9.59 Å². The Morgan fingerprint density at radius 1 is 1.05 bits per heavy atom. The fourth-order valence-corrected chi connectivity index (χ4v) is 2.02. The van der Waals surface area contributed by atoms with Gasteiger partial charge < -0.3 is 15.2 Å². The monoisotopic (exact) mass is 317 g/mol. The van der Waals surface area contributed by atoms with Crippen LogP contribution in [0.5, 0.6) is 11.5 Å². The highest BCUT2D eigenvalue weighted by Crippen LogP contribution is 2.40. The first-order chi connectivity index (χ1) is 10.5. The van der Waals surface area contributed by atoms with Gasteiger partial charge in [0.05, 0.1) is 5.69 Å². The second-order valence-electron chi connectivity index (χ2n) is 4.23. The molecule has 22 heavy (non-hydrogen) atoms. The molecule has 2 rings (SSSR count). The van der Waals surface area contributed by atoms with Crippen LogP contribution in [0.2, 0.25) is 5.02 Å². The van der Waals surface area contributed by atoms with E-state index in [2.05, 4.69) is 13.2 Å². The lowest BCUT2D eigenvalue weighted by atomic mass is 10.1. The van der Waals surface area contributed by atoms with E-state index in [1.54, 1.807) is 18.2 Å². The van der Waals surface area contributed by atoms with Crippen molar-refractivity contribution >= 4 is 40.0 Å². The summed E-state index contributed by atoms with van der Waals surface area (Å²) in [6.45, 7) is 6.66. The number of hydrogen-bond donors (Lipinski definition) is 1. The molecule has 0 fully saturated rings. The van der Waals surface area contributed by atoms with E-state index in [-0.39, 0.29) is 17.2 Å². The van der Waals surface area contributed by atoms with Crippen LogP contribution in [0.3, 0.4) is 0 Å². The standard InChI is InChI=1S/C16H12ClNO4/c1-3-14(19)21-13-8-12(18)16(22-15(20)4-2)10-6-5-9(17)7-11(10)13/h3-8H,1-2,18H2. The zero-order valence-electron chi connectivity index (χ0n) is 11.5. The first kappa shape index (κ1) is 15.6. The van der Waals surface area contributed by atoms with Gasteiger partial charge in [0.2, 0.25) is 0 Å². The largest absolute Gasteiger partial charge is 0.423 e. The van der Waals surface area contributed by atoms with E-state index in [1.807, 2.05) is 0 Å². The molecule has 0 saturated heterocycles. The molecule has 112 valence electrons. The summed E-state index contributed by atoms with van der Waals surface area (Å²) in [4.78, 5) is 22.8. The molecule has 0 aliphatic heterocycles. The number of anilines is 1. The Bertz CT molecular complexity index is 798. The van der Waals surface area contributed by atoms with Crippen molar-refractivity contribution < 1.29 is 19.1 Å². The van der Waals surface area contributed by atoms with E-state index in [0.717, 1.165) is 12.2 Å². The molecule has 0 heterocycles. The van der Waals surface area contributed by atoms with Crippen molar-refractivity contribution in [1.29, 1.82) is 0 Å². The van der Waals surface area contributed by atoms with Gasteiger partial charge in [0.25, 0.3) is 0 Å². The summed E-state index contributed by atoms with van der Waals surface area (Å²) >= 11 is 5.97. The number of benzene rings is 2. The molecule has 2 N–H and O–H groups in total. The molecule has 5 nitrogen and oxygen atoms in total. The van der Waals surface area contributed by atoms with E-state index in [9.17, 15) is 9.59 Å². The van der Waals surface area contributed by atoms with E-state index in [1.165, 1.54) is 6.07 Å². The number of halogens is 1. The molecule has 0 atom stereocenters. The third kappa shape index (κ3) is 3.10. The molecule has 2 aromatic carbocycles. The molecule has 0 radical (unpaired) electrons. The highest BCUT2D eigenvalue weighted by Gasteiger charge is 2.16. The number of hydrogen-bond acceptors (Lipinski definition) is 5. The molecule has 0 aromatic heterocycles. The van der Waals surface area contributed by atoms with Crippen molar-refractivity contribution in [2.45, 2.75) is 0 Å². The third-order valence-electron chi connectivity index (χ3n) is 2.79. The zero-order chi connectivity index (χ0) is 16.3. The molecule has 0 unspecified atom stereocenters. The van der Waals surface area contributed by atoms with Crippen molar-refractivity contribution in [3.05, 3.63) is 54.6 Å². The average Bonchev–Trinajstić information content (AvgIpc) is 2.50. The maximum Gasteiger partial charge on any atom is 0.335 e. The van der Waals surface area contributed by atoms with Gasteiger partial charge in [-0.05, 0) is 18.2 Å². The van der Waals surface area contributed by atoms with E-state index >= 15 is 0 Å². The quantitative estimate of drug-likeness (QED) is 0.405. The summed E-state index contributed by atoms with van der Waals surface area (Å²) in [7, 11) is 0. The van der Waals surface area contributed by atoms with Crippen molar-refractivity contribution in [3.8, 4) is 11.5 Å². The summed E-state index contributed by atoms with van der Waals surface area (Å²) < 4.78 is 10.3. The molecular formula is C16H12ClNO4. The molecule has 0 saturated carbocycles. The highest BCUT2D eigenvalue weighted by molar-refractivity contribution is 6.31. The number of rotatable bonds is 4. The van der Waals surface area contributed by atoms with Crippen molar-refractivity contribution in [2.75, 3.05) is 5.73 Å². The Balaban J connectivity index is 2.68. The maximum atomic E-state index is 11.4. The molecule has 0 bridgehead atoms. The highest BCUT2D eigenvalue weighted by atomic mass is 35.5. The van der Waals surface area contributed by atoms with Gasteiger partial charge >= 0.3 is 11.9 Å². The fraction of sp³-hybridized carbons (Fsp3) is 0. The van der Waals surface area contributed by atoms with Crippen LogP contribution in [-0.4, -0.2) is 11.9 Å². The smallest absolute Gasteiger partial charge is 0.335 e. The van der Waals surface area contributed by atoms with E-state index < -0.39 is 11.9 Å². The number of carbonyl (C=O) groups excluding carboxylic acids is 2. The van der Waals surface area contributed by atoms with Gasteiger partial charge in [0, 0.05) is 34.0 Å². The Kier molecular flexibility index (Phi) is 4.48. The normalized spacial score (nSPS) is 10.0. The molecule has 0 amide bonds. The second kappa shape index (κ2) is 6.32. The number of fused-ring (bicyclic) bond motifs is 1. The van der Waals surface area contributed by atoms with Crippen LogP contribution < -0.4 is 15.2 Å². The number of nitrogens with two attached hydrogens (primary N) is 1. The van der Waals surface area contributed by atoms with Crippen LogP contribution in [0.25, 0.3) is 10.8 Å².